The predicted molar refractivity (Wildman–Crippen MR) is 126 cm³/mol. The van der Waals surface area contributed by atoms with Gasteiger partial charge >= 0.3 is 0 Å². The zero-order valence-electron chi connectivity index (χ0n) is 18.5. The number of aryl methyl sites for hydroxylation is 1. The van der Waals surface area contributed by atoms with Gasteiger partial charge < -0.3 is 14.4 Å². The predicted octanol–water partition coefficient (Wildman–Crippen LogP) is 3.19. The van der Waals surface area contributed by atoms with E-state index in [2.05, 4.69) is 11.6 Å². The van der Waals surface area contributed by atoms with Gasteiger partial charge in [-0.05, 0) is 48.6 Å². The fraction of sp³-hybridized carbons (Fsp3) is 0.435. The third-order valence-corrected chi connectivity index (χ3v) is 7.39. The van der Waals surface area contributed by atoms with Crippen LogP contribution in [0.1, 0.15) is 29.3 Å². The molecule has 1 N–H and O–H groups in total. The van der Waals surface area contributed by atoms with E-state index in [9.17, 15) is 13.2 Å². The standard InChI is InChI=1S/C23H30N2O5S2/c1-3-4-18-5-7-19(8-6-18)30-14-11-24-32(27,28)20-9-10-22(31-2)21(17-20)23(26)25-12-15-29-16-13-25/h5-10,17,24H,3-4,11-16H2,1-2H3. The highest BCUT2D eigenvalue weighted by Gasteiger charge is 2.24. The molecule has 2 aromatic rings. The summed E-state index contributed by atoms with van der Waals surface area (Å²) >= 11 is 1.42. The zero-order valence-corrected chi connectivity index (χ0v) is 20.1. The van der Waals surface area contributed by atoms with Gasteiger partial charge in [-0.1, -0.05) is 25.5 Å². The number of nitrogens with one attached hydrogen (secondary N) is 1. The van der Waals surface area contributed by atoms with E-state index in [-0.39, 0.29) is 24.0 Å². The Morgan fingerprint density at radius 1 is 1.16 bits per heavy atom. The molecule has 0 aromatic heterocycles. The minimum absolute atomic E-state index is 0.0656. The van der Waals surface area contributed by atoms with Crippen molar-refractivity contribution in [3.05, 3.63) is 53.6 Å². The number of hydrogen-bond donors (Lipinski definition) is 1. The third kappa shape index (κ3) is 6.48. The van der Waals surface area contributed by atoms with Gasteiger partial charge in [-0.3, -0.25) is 4.79 Å². The highest BCUT2D eigenvalue weighted by atomic mass is 32.2. The first-order valence-corrected chi connectivity index (χ1v) is 13.4. The maximum Gasteiger partial charge on any atom is 0.255 e. The Hall–Kier alpha value is -2.07. The molecule has 0 atom stereocenters. The lowest BCUT2D eigenvalue weighted by Crippen LogP contribution is -2.41. The summed E-state index contributed by atoms with van der Waals surface area (Å²) in [6.45, 7) is 4.43. The molecule has 1 saturated heterocycles. The maximum atomic E-state index is 13.0. The Morgan fingerprint density at radius 3 is 2.53 bits per heavy atom. The molecule has 0 saturated carbocycles. The summed E-state index contributed by atoms with van der Waals surface area (Å²) in [5.41, 5.74) is 1.64. The summed E-state index contributed by atoms with van der Waals surface area (Å²) < 4.78 is 39.1. The summed E-state index contributed by atoms with van der Waals surface area (Å²) in [6, 6.07) is 12.5. The minimum atomic E-state index is -3.78. The van der Waals surface area contributed by atoms with Crippen molar-refractivity contribution < 1.29 is 22.7 Å². The summed E-state index contributed by atoms with van der Waals surface area (Å²) in [5.74, 6) is 0.524. The number of carbonyl (C=O) groups excluding carboxylic acids is 1. The van der Waals surface area contributed by atoms with Crippen molar-refractivity contribution >= 4 is 27.7 Å². The molecule has 0 bridgehead atoms. The van der Waals surface area contributed by atoms with E-state index in [1.807, 2.05) is 30.5 Å². The van der Waals surface area contributed by atoms with Crippen molar-refractivity contribution in [2.24, 2.45) is 0 Å². The number of morpholine rings is 1. The van der Waals surface area contributed by atoms with Gasteiger partial charge in [0.05, 0.1) is 23.7 Å². The lowest BCUT2D eigenvalue weighted by molar-refractivity contribution is 0.0300. The largest absolute Gasteiger partial charge is 0.492 e. The van der Waals surface area contributed by atoms with Crippen LogP contribution in [0.5, 0.6) is 5.75 Å². The topological polar surface area (TPSA) is 84.9 Å². The molecule has 9 heteroatoms. The van der Waals surface area contributed by atoms with Crippen LogP contribution in [-0.4, -0.2) is 64.9 Å². The quantitative estimate of drug-likeness (QED) is 0.417. The van der Waals surface area contributed by atoms with Crippen LogP contribution in [0.2, 0.25) is 0 Å². The molecule has 7 nitrogen and oxygen atoms in total. The van der Waals surface area contributed by atoms with Gasteiger partial charge in [0, 0.05) is 24.5 Å². The molecule has 174 valence electrons. The molecular formula is C23H30N2O5S2. The maximum absolute atomic E-state index is 13.0. The third-order valence-electron chi connectivity index (χ3n) is 5.13. The number of benzene rings is 2. The number of nitrogens with zero attached hydrogens (tertiary/aromatic N) is 1. The van der Waals surface area contributed by atoms with E-state index < -0.39 is 10.0 Å². The highest BCUT2D eigenvalue weighted by molar-refractivity contribution is 7.98. The van der Waals surface area contributed by atoms with Crippen LogP contribution in [0.25, 0.3) is 0 Å². The van der Waals surface area contributed by atoms with Crippen LogP contribution < -0.4 is 9.46 Å². The molecule has 1 aliphatic rings. The molecule has 32 heavy (non-hydrogen) atoms. The van der Waals surface area contributed by atoms with Crippen molar-refractivity contribution in [2.75, 3.05) is 45.7 Å². The van der Waals surface area contributed by atoms with Crippen LogP contribution in [-0.2, 0) is 21.2 Å². The Balaban J connectivity index is 1.62. The smallest absolute Gasteiger partial charge is 0.255 e. The second-order valence-corrected chi connectivity index (χ2v) is 10.0. The molecule has 0 spiro atoms. The average molecular weight is 479 g/mol. The minimum Gasteiger partial charge on any atom is -0.492 e. The molecule has 0 unspecified atom stereocenters. The first-order valence-electron chi connectivity index (χ1n) is 10.7. The molecule has 1 amide bonds. The van der Waals surface area contributed by atoms with Crippen molar-refractivity contribution in [3.63, 3.8) is 0 Å². The van der Waals surface area contributed by atoms with Crippen LogP contribution in [0.3, 0.4) is 0 Å². The number of thioether (sulfide) groups is 1. The van der Waals surface area contributed by atoms with E-state index in [1.54, 1.807) is 11.0 Å². The highest BCUT2D eigenvalue weighted by Crippen LogP contribution is 2.25. The summed E-state index contributed by atoms with van der Waals surface area (Å²) in [6.07, 6.45) is 3.97. The van der Waals surface area contributed by atoms with Gasteiger partial charge in [0.2, 0.25) is 10.0 Å². The molecule has 2 aromatic carbocycles. The number of ether oxygens (including phenoxy) is 2. The monoisotopic (exact) mass is 478 g/mol. The van der Waals surface area contributed by atoms with Crippen LogP contribution in [0.15, 0.2) is 52.3 Å². The second kappa shape index (κ2) is 11.7. The molecule has 0 aliphatic carbocycles. The van der Waals surface area contributed by atoms with Gasteiger partial charge in [0.25, 0.3) is 5.91 Å². The summed E-state index contributed by atoms with van der Waals surface area (Å²) in [4.78, 5) is 15.5. The van der Waals surface area contributed by atoms with Gasteiger partial charge in [-0.2, -0.15) is 0 Å². The molecule has 1 aliphatic heterocycles. The lowest BCUT2D eigenvalue weighted by atomic mass is 10.1. The first kappa shape index (κ1) is 24.6. The van der Waals surface area contributed by atoms with Gasteiger partial charge in [0.15, 0.2) is 0 Å². The summed E-state index contributed by atoms with van der Waals surface area (Å²) in [5, 5.41) is 0. The number of amides is 1. The van der Waals surface area contributed by atoms with E-state index in [0.717, 1.165) is 17.7 Å². The van der Waals surface area contributed by atoms with Gasteiger partial charge in [-0.25, -0.2) is 13.1 Å². The lowest BCUT2D eigenvalue weighted by Gasteiger charge is -2.27. The normalized spacial score (nSPS) is 14.4. The van der Waals surface area contributed by atoms with Gasteiger partial charge in [0.1, 0.15) is 12.4 Å². The van der Waals surface area contributed by atoms with Crippen LogP contribution in [0, 0.1) is 0 Å². The second-order valence-electron chi connectivity index (χ2n) is 7.41. The fourth-order valence-electron chi connectivity index (χ4n) is 3.43. The number of carbonyl (C=O) groups is 1. The summed E-state index contributed by atoms with van der Waals surface area (Å²) in [7, 11) is -3.78. The van der Waals surface area contributed by atoms with Gasteiger partial charge in [-0.15, -0.1) is 11.8 Å². The Morgan fingerprint density at radius 2 is 1.88 bits per heavy atom. The molecule has 3 rings (SSSR count). The molecular weight excluding hydrogens is 448 g/mol. The van der Waals surface area contributed by atoms with Crippen molar-refractivity contribution in [2.45, 2.75) is 29.6 Å². The molecule has 0 radical (unpaired) electrons. The number of hydrogen-bond acceptors (Lipinski definition) is 6. The van der Waals surface area contributed by atoms with Crippen LogP contribution in [0.4, 0.5) is 0 Å². The number of rotatable bonds is 10. The Labute approximate surface area is 194 Å². The molecule has 1 heterocycles. The van der Waals surface area contributed by atoms with Crippen molar-refractivity contribution in [1.82, 2.24) is 9.62 Å². The van der Waals surface area contributed by atoms with E-state index in [4.69, 9.17) is 9.47 Å². The SMILES string of the molecule is CCCc1ccc(OCCNS(=O)(=O)c2ccc(SC)c(C(=O)N3CCOCC3)c2)cc1. The van der Waals surface area contributed by atoms with Crippen molar-refractivity contribution in [3.8, 4) is 5.75 Å². The van der Waals surface area contributed by atoms with E-state index >= 15 is 0 Å². The molecule has 1 fully saturated rings. The average Bonchev–Trinajstić information content (AvgIpc) is 2.82. The fourth-order valence-corrected chi connectivity index (χ4v) is 5.04. The Kier molecular flexibility index (Phi) is 8.98. The Bertz CT molecular complexity index is 1000. The van der Waals surface area contributed by atoms with Crippen LogP contribution >= 0.6 is 11.8 Å². The first-order chi connectivity index (χ1) is 15.4. The number of sulfonamides is 1. The zero-order chi connectivity index (χ0) is 23.0. The van der Waals surface area contributed by atoms with E-state index in [0.29, 0.717) is 37.6 Å². The van der Waals surface area contributed by atoms with E-state index in [1.165, 1.54) is 29.5 Å². The van der Waals surface area contributed by atoms with Crippen molar-refractivity contribution in [1.29, 1.82) is 0 Å².